The molecule has 2 aromatic heterocycles. The highest BCUT2D eigenvalue weighted by molar-refractivity contribution is 5.75. The first-order valence-electron chi connectivity index (χ1n) is 8.72. The number of pyridine rings is 1. The van der Waals surface area contributed by atoms with Crippen LogP contribution in [0.5, 0.6) is 0 Å². The summed E-state index contributed by atoms with van der Waals surface area (Å²) in [6.07, 6.45) is 1.22. The highest BCUT2D eigenvalue weighted by Crippen LogP contribution is 2.27. The van der Waals surface area contributed by atoms with Crippen molar-refractivity contribution in [1.82, 2.24) is 14.5 Å². The van der Waals surface area contributed by atoms with Crippen molar-refractivity contribution in [2.45, 2.75) is 31.9 Å². The van der Waals surface area contributed by atoms with Crippen LogP contribution >= 0.6 is 0 Å². The van der Waals surface area contributed by atoms with Gasteiger partial charge in [0.2, 0.25) is 0 Å². The number of benzene rings is 1. The molecule has 3 aromatic rings. The summed E-state index contributed by atoms with van der Waals surface area (Å²) in [4.78, 5) is 22.1. The van der Waals surface area contributed by atoms with E-state index >= 15 is 0 Å². The molecule has 25 heavy (non-hydrogen) atoms. The van der Waals surface area contributed by atoms with Gasteiger partial charge in [-0.05, 0) is 44.0 Å². The van der Waals surface area contributed by atoms with Gasteiger partial charge in [-0.3, -0.25) is 4.57 Å². The first kappa shape index (κ1) is 15.9. The molecule has 1 saturated heterocycles. The first-order valence-corrected chi connectivity index (χ1v) is 8.72. The summed E-state index contributed by atoms with van der Waals surface area (Å²) in [5.41, 5.74) is 2.52. The maximum absolute atomic E-state index is 12.4. The Kier molecular flexibility index (Phi) is 4.05. The fraction of sp³-hybridized carbons (Fsp3) is 0.368. The predicted octanol–water partition coefficient (Wildman–Crippen LogP) is 2.62. The maximum Gasteiger partial charge on any atom is 0.326 e. The van der Waals surface area contributed by atoms with E-state index in [9.17, 15) is 9.90 Å². The lowest BCUT2D eigenvalue weighted by Crippen LogP contribution is -2.37. The third kappa shape index (κ3) is 2.93. The summed E-state index contributed by atoms with van der Waals surface area (Å²) in [5.74, 6) is 0.892. The molecular formula is C19H22N4O2. The molecule has 0 amide bonds. The highest BCUT2D eigenvalue weighted by Gasteiger charge is 2.24. The van der Waals surface area contributed by atoms with Crippen LogP contribution in [0.2, 0.25) is 0 Å². The number of aliphatic hydroxyl groups is 1. The Morgan fingerprint density at radius 2 is 1.92 bits per heavy atom. The second-order valence-corrected chi connectivity index (χ2v) is 6.63. The minimum absolute atomic E-state index is 0.0334. The number of rotatable bonds is 3. The molecule has 1 unspecified atom stereocenters. The van der Waals surface area contributed by atoms with Gasteiger partial charge in [0, 0.05) is 19.1 Å². The van der Waals surface area contributed by atoms with Gasteiger partial charge in [0.1, 0.15) is 5.82 Å². The number of nitrogens with one attached hydrogen (secondary N) is 1. The molecule has 1 aromatic carbocycles. The van der Waals surface area contributed by atoms with Crippen molar-refractivity contribution in [3.63, 3.8) is 0 Å². The maximum atomic E-state index is 12.4. The number of para-hydroxylation sites is 2. The molecule has 1 aliphatic rings. The molecule has 6 heteroatoms. The van der Waals surface area contributed by atoms with Crippen molar-refractivity contribution in [1.29, 1.82) is 0 Å². The second-order valence-electron chi connectivity index (χ2n) is 6.63. The van der Waals surface area contributed by atoms with E-state index in [0.29, 0.717) is 5.69 Å². The van der Waals surface area contributed by atoms with Gasteiger partial charge >= 0.3 is 5.69 Å². The van der Waals surface area contributed by atoms with Gasteiger partial charge in [-0.15, -0.1) is 0 Å². The van der Waals surface area contributed by atoms with Crippen LogP contribution in [0.25, 0.3) is 11.0 Å². The third-order valence-corrected chi connectivity index (χ3v) is 4.96. The van der Waals surface area contributed by atoms with Crippen LogP contribution in [0, 0.1) is 0 Å². The van der Waals surface area contributed by atoms with Crippen LogP contribution in [-0.2, 0) is 0 Å². The fourth-order valence-electron chi connectivity index (χ4n) is 3.64. The Balaban J connectivity index is 1.54. The zero-order valence-electron chi connectivity index (χ0n) is 14.2. The van der Waals surface area contributed by atoms with Crippen molar-refractivity contribution in [2.75, 3.05) is 18.0 Å². The van der Waals surface area contributed by atoms with E-state index in [1.165, 1.54) is 0 Å². The number of fused-ring (bicyclic) bond motifs is 1. The number of aromatic amines is 1. The Hall–Kier alpha value is -2.60. The highest BCUT2D eigenvalue weighted by atomic mass is 16.3. The number of hydrogen-bond acceptors (Lipinski definition) is 4. The van der Waals surface area contributed by atoms with Gasteiger partial charge in [0.15, 0.2) is 0 Å². The Labute approximate surface area is 145 Å². The minimum atomic E-state index is -0.567. The summed E-state index contributed by atoms with van der Waals surface area (Å²) in [6, 6.07) is 13.8. The van der Waals surface area contributed by atoms with E-state index in [-0.39, 0.29) is 11.7 Å². The number of hydrogen-bond donors (Lipinski definition) is 2. The molecule has 0 bridgehead atoms. The summed E-state index contributed by atoms with van der Waals surface area (Å²) in [6.45, 7) is 3.40. The van der Waals surface area contributed by atoms with E-state index in [1.807, 2.05) is 47.0 Å². The van der Waals surface area contributed by atoms with Crippen molar-refractivity contribution in [3.8, 4) is 0 Å². The Bertz CT molecular complexity index is 936. The smallest absolute Gasteiger partial charge is 0.326 e. The summed E-state index contributed by atoms with van der Waals surface area (Å²) < 4.78 is 1.90. The standard InChI is InChI=1S/C19H22N4O2/c1-13(24)15-6-4-8-18(20-15)22-11-9-14(10-12-22)23-17-7-3-2-5-16(17)21-19(23)25/h2-8,13-14,24H,9-12H2,1H3,(H,21,25). The van der Waals surface area contributed by atoms with Crippen molar-refractivity contribution >= 4 is 16.9 Å². The van der Waals surface area contributed by atoms with Gasteiger partial charge in [-0.2, -0.15) is 0 Å². The topological polar surface area (TPSA) is 74.2 Å². The zero-order chi connectivity index (χ0) is 17.4. The largest absolute Gasteiger partial charge is 0.387 e. The lowest BCUT2D eigenvalue weighted by atomic mass is 10.0. The number of aliphatic hydroxyl groups excluding tert-OH is 1. The van der Waals surface area contributed by atoms with E-state index in [2.05, 4.69) is 14.9 Å². The van der Waals surface area contributed by atoms with Crippen molar-refractivity contribution in [3.05, 3.63) is 58.6 Å². The van der Waals surface area contributed by atoms with Crippen LogP contribution in [0.4, 0.5) is 5.82 Å². The molecule has 130 valence electrons. The molecule has 0 radical (unpaired) electrons. The second kappa shape index (κ2) is 6.37. The van der Waals surface area contributed by atoms with Crippen molar-refractivity contribution in [2.24, 2.45) is 0 Å². The molecule has 1 fully saturated rings. The van der Waals surface area contributed by atoms with Crippen LogP contribution in [-0.4, -0.2) is 32.7 Å². The van der Waals surface area contributed by atoms with Gasteiger partial charge in [0.05, 0.1) is 22.8 Å². The molecule has 2 N–H and O–H groups in total. The normalized spacial score (nSPS) is 17.1. The van der Waals surface area contributed by atoms with Crippen LogP contribution in [0.1, 0.15) is 37.6 Å². The van der Waals surface area contributed by atoms with Gasteiger partial charge in [-0.1, -0.05) is 18.2 Å². The molecule has 0 spiro atoms. The van der Waals surface area contributed by atoms with E-state index in [1.54, 1.807) is 6.92 Å². The lowest BCUT2D eigenvalue weighted by Gasteiger charge is -2.33. The Morgan fingerprint density at radius 3 is 2.68 bits per heavy atom. The number of nitrogens with zero attached hydrogens (tertiary/aromatic N) is 3. The quantitative estimate of drug-likeness (QED) is 0.770. The van der Waals surface area contributed by atoms with E-state index in [0.717, 1.165) is 42.8 Å². The predicted molar refractivity (Wildman–Crippen MR) is 97.9 cm³/mol. The van der Waals surface area contributed by atoms with E-state index < -0.39 is 6.10 Å². The van der Waals surface area contributed by atoms with Gasteiger partial charge in [-0.25, -0.2) is 9.78 Å². The van der Waals surface area contributed by atoms with Crippen LogP contribution in [0.3, 0.4) is 0 Å². The third-order valence-electron chi connectivity index (χ3n) is 4.96. The lowest BCUT2D eigenvalue weighted by molar-refractivity contribution is 0.194. The Morgan fingerprint density at radius 1 is 1.16 bits per heavy atom. The SMILES string of the molecule is CC(O)c1cccc(N2CCC(n3c(=O)[nH]c4ccccc43)CC2)n1. The average molecular weight is 338 g/mol. The molecule has 6 nitrogen and oxygen atoms in total. The molecule has 4 rings (SSSR count). The summed E-state index contributed by atoms with van der Waals surface area (Å²) in [7, 11) is 0. The number of H-pyrrole nitrogens is 1. The molecule has 0 aliphatic carbocycles. The fourth-order valence-corrected chi connectivity index (χ4v) is 3.64. The average Bonchev–Trinajstić information content (AvgIpc) is 2.97. The van der Waals surface area contributed by atoms with Gasteiger partial charge in [0.25, 0.3) is 0 Å². The van der Waals surface area contributed by atoms with Crippen LogP contribution < -0.4 is 10.6 Å². The summed E-state index contributed by atoms with van der Waals surface area (Å²) in [5, 5.41) is 9.72. The number of anilines is 1. The van der Waals surface area contributed by atoms with Gasteiger partial charge < -0.3 is 15.0 Å². The number of imidazole rings is 1. The number of aromatic nitrogens is 3. The molecule has 3 heterocycles. The first-order chi connectivity index (χ1) is 12.1. The monoisotopic (exact) mass is 338 g/mol. The minimum Gasteiger partial charge on any atom is -0.387 e. The molecule has 1 atom stereocenters. The molecule has 1 aliphatic heterocycles. The summed E-state index contributed by atoms with van der Waals surface area (Å²) >= 11 is 0. The molecule has 0 saturated carbocycles. The van der Waals surface area contributed by atoms with Crippen LogP contribution in [0.15, 0.2) is 47.3 Å². The zero-order valence-corrected chi connectivity index (χ0v) is 14.2. The molecular weight excluding hydrogens is 316 g/mol. The van der Waals surface area contributed by atoms with Crippen molar-refractivity contribution < 1.29 is 5.11 Å². The number of piperidine rings is 1. The van der Waals surface area contributed by atoms with E-state index in [4.69, 9.17) is 0 Å².